The summed E-state index contributed by atoms with van der Waals surface area (Å²) in [5, 5.41) is 9.75. The Bertz CT molecular complexity index is 4170. The van der Waals surface area contributed by atoms with Crippen molar-refractivity contribution in [1.82, 2.24) is 4.57 Å². The van der Waals surface area contributed by atoms with Crippen LogP contribution in [0.1, 0.15) is 0 Å². The standard InChI is InChI=1S/C60H36N2OS2/c1-9-28-51-38(17-1)39-18-2-10-29-52(39)62(51)53-30-11-4-20-41(53)48-35-37(36-49-44-23-7-14-34-57(44)64-59(48)49)61(54-31-16-26-47-43-22-6-13-33-56(43)65-60(47)54)50-27-8-3-19-40(50)45-24-15-25-46-42-21-5-12-32-55(42)63-58(45)46/h1-36H. The number of rotatable bonds is 6. The molecule has 0 saturated heterocycles. The highest BCUT2D eigenvalue weighted by molar-refractivity contribution is 7.26. The van der Waals surface area contributed by atoms with Gasteiger partial charge in [0.2, 0.25) is 0 Å². The molecule has 0 aliphatic rings. The molecule has 0 amide bonds. The number of hydrogen-bond acceptors (Lipinski definition) is 4. The number of anilines is 3. The van der Waals surface area contributed by atoms with Gasteiger partial charge in [0.25, 0.3) is 0 Å². The Labute approximate surface area is 381 Å². The Morgan fingerprint density at radius 1 is 0.354 bits per heavy atom. The molecule has 65 heavy (non-hydrogen) atoms. The van der Waals surface area contributed by atoms with Crippen LogP contribution < -0.4 is 4.90 Å². The molecule has 0 aliphatic heterocycles. The van der Waals surface area contributed by atoms with Crippen molar-refractivity contribution in [1.29, 1.82) is 0 Å². The van der Waals surface area contributed by atoms with Gasteiger partial charge in [0.05, 0.1) is 32.8 Å². The summed E-state index contributed by atoms with van der Waals surface area (Å²) in [6.07, 6.45) is 0. The predicted octanol–water partition coefficient (Wildman–Crippen LogP) is 18.2. The third kappa shape index (κ3) is 5.47. The molecule has 3 nitrogen and oxygen atoms in total. The van der Waals surface area contributed by atoms with E-state index >= 15 is 0 Å². The van der Waals surface area contributed by atoms with Gasteiger partial charge in [-0.25, -0.2) is 0 Å². The molecule has 304 valence electrons. The van der Waals surface area contributed by atoms with Crippen LogP contribution in [0.25, 0.3) is 112 Å². The maximum Gasteiger partial charge on any atom is 0.143 e. The molecule has 0 aliphatic carbocycles. The lowest BCUT2D eigenvalue weighted by Crippen LogP contribution is -2.12. The monoisotopic (exact) mass is 864 g/mol. The van der Waals surface area contributed by atoms with Crippen molar-refractivity contribution < 1.29 is 4.42 Å². The Kier molecular flexibility index (Phi) is 8.02. The molecule has 0 bridgehead atoms. The summed E-state index contributed by atoms with van der Waals surface area (Å²) >= 11 is 3.74. The SMILES string of the molecule is c1ccc(N(c2cc(-c3ccccc3-n3c4ccccc4c4ccccc43)c3sc4ccccc4c3c2)c2cccc3c2sc2ccccc23)c(-c2cccc3c2oc2ccccc23)c1. The quantitative estimate of drug-likeness (QED) is 0.166. The van der Waals surface area contributed by atoms with E-state index in [1.165, 1.54) is 73.3 Å². The van der Waals surface area contributed by atoms with E-state index in [2.05, 4.69) is 222 Å². The van der Waals surface area contributed by atoms with Gasteiger partial charge >= 0.3 is 0 Å². The normalized spacial score (nSPS) is 12.0. The second kappa shape index (κ2) is 14.3. The average molecular weight is 865 g/mol. The molecule has 0 N–H and O–H groups in total. The van der Waals surface area contributed by atoms with E-state index in [0.717, 1.165) is 55.8 Å². The molecule has 0 fully saturated rings. The van der Waals surface area contributed by atoms with Gasteiger partial charge in [0.15, 0.2) is 0 Å². The molecule has 0 spiro atoms. The lowest BCUT2D eigenvalue weighted by Gasteiger charge is -2.29. The second-order valence-electron chi connectivity index (χ2n) is 16.7. The van der Waals surface area contributed by atoms with Crippen LogP contribution in [0.2, 0.25) is 0 Å². The molecule has 0 unspecified atom stereocenters. The highest BCUT2D eigenvalue weighted by Gasteiger charge is 2.26. The zero-order valence-electron chi connectivity index (χ0n) is 34.9. The molecule has 4 aromatic heterocycles. The van der Waals surface area contributed by atoms with E-state index in [0.29, 0.717) is 0 Å². The highest BCUT2D eigenvalue weighted by atomic mass is 32.1. The summed E-state index contributed by atoms with van der Waals surface area (Å²) in [5.41, 5.74) is 13.1. The summed E-state index contributed by atoms with van der Waals surface area (Å²) in [4.78, 5) is 2.52. The van der Waals surface area contributed by atoms with Crippen LogP contribution in [0.4, 0.5) is 17.1 Å². The molecular formula is C60H36N2OS2. The molecule has 4 heterocycles. The van der Waals surface area contributed by atoms with E-state index in [-0.39, 0.29) is 0 Å². The molecule has 14 rings (SSSR count). The fourth-order valence-electron chi connectivity index (χ4n) is 10.4. The van der Waals surface area contributed by atoms with Crippen molar-refractivity contribution in [3.05, 3.63) is 218 Å². The molecule has 0 atom stereocenters. The van der Waals surface area contributed by atoms with Crippen molar-refractivity contribution in [3.63, 3.8) is 0 Å². The summed E-state index contributed by atoms with van der Waals surface area (Å²) in [6.45, 7) is 0. The third-order valence-electron chi connectivity index (χ3n) is 13.2. The van der Waals surface area contributed by atoms with Crippen molar-refractivity contribution in [2.45, 2.75) is 0 Å². The first kappa shape index (κ1) is 36.5. The smallest absolute Gasteiger partial charge is 0.143 e. The molecule has 0 saturated carbocycles. The molecular weight excluding hydrogens is 829 g/mol. The van der Waals surface area contributed by atoms with E-state index in [1.54, 1.807) is 0 Å². The van der Waals surface area contributed by atoms with Gasteiger partial charge in [-0.05, 0) is 60.7 Å². The Hall–Kier alpha value is -7.96. The zero-order valence-corrected chi connectivity index (χ0v) is 36.5. The lowest BCUT2D eigenvalue weighted by molar-refractivity contribution is 0.670. The lowest BCUT2D eigenvalue weighted by atomic mass is 9.97. The minimum atomic E-state index is 0.890. The Morgan fingerprint density at radius 3 is 1.68 bits per heavy atom. The summed E-state index contributed by atoms with van der Waals surface area (Å²) in [6, 6.07) is 79.8. The molecule has 14 aromatic rings. The fourth-order valence-corrected chi connectivity index (χ4v) is 12.8. The van der Waals surface area contributed by atoms with E-state index < -0.39 is 0 Å². The van der Waals surface area contributed by atoms with Crippen molar-refractivity contribution in [3.8, 4) is 27.9 Å². The van der Waals surface area contributed by atoms with Crippen LogP contribution in [-0.2, 0) is 0 Å². The van der Waals surface area contributed by atoms with Crippen molar-refractivity contribution >= 4 is 124 Å². The number of aromatic nitrogens is 1. The Balaban J connectivity index is 1.10. The van der Waals surface area contributed by atoms with Gasteiger partial charge in [-0.2, -0.15) is 0 Å². The number of para-hydroxylation sites is 6. The first-order valence-electron chi connectivity index (χ1n) is 22.0. The number of nitrogens with zero attached hydrogens (tertiary/aromatic N) is 2. The van der Waals surface area contributed by atoms with Crippen LogP contribution in [0, 0.1) is 0 Å². The number of hydrogen-bond donors (Lipinski definition) is 0. The summed E-state index contributed by atoms with van der Waals surface area (Å²) < 4.78 is 14.3. The van der Waals surface area contributed by atoms with E-state index in [1.807, 2.05) is 28.7 Å². The van der Waals surface area contributed by atoms with E-state index in [9.17, 15) is 0 Å². The van der Waals surface area contributed by atoms with Gasteiger partial charge in [0, 0.05) is 85.1 Å². The summed E-state index contributed by atoms with van der Waals surface area (Å²) in [7, 11) is 0. The largest absolute Gasteiger partial charge is 0.455 e. The maximum absolute atomic E-state index is 6.76. The molecule has 10 aromatic carbocycles. The average Bonchev–Trinajstić information content (AvgIpc) is 4.14. The summed E-state index contributed by atoms with van der Waals surface area (Å²) in [5.74, 6) is 0. The highest BCUT2D eigenvalue weighted by Crippen LogP contribution is 2.52. The number of fused-ring (bicyclic) bond motifs is 12. The minimum absolute atomic E-state index is 0.890. The van der Waals surface area contributed by atoms with Crippen molar-refractivity contribution in [2.24, 2.45) is 0 Å². The van der Waals surface area contributed by atoms with Gasteiger partial charge in [-0.1, -0.05) is 158 Å². The predicted molar refractivity (Wildman–Crippen MR) is 279 cm³/mol. The van der Waals surface area contributed by atoms with E-state index in [4.69, 9.17) is 4.42 Å². The maximum atomic E-state index is 6.76. The van der Waals surface area contributed by atoms with Gasteiger partial charge in [0.1, 0.15) is 11.2 Å². The first-order valence-corrected chi connectivity index (χ1v) is 23.6. The van der Waals surface area contributed by atoms with Gasteiger partial charge in [-0.3, -0.25) is 0 Å². The van der Waals surface area contributed by atoms with Crippen molar-refractivity contribution in [2.75, 3.05) is 4.90 Å². The minimum Gasteiger partial charge on any atom is -0.455 e. The van der Waals surface area contributed by atoms with Crippen LogP contribution >= 0.6 is 22.7 Å². The van der Waals surface area contributed by atoms with Crippen LogP contribution in [0.15, 0.2) is 223 Å². The first-order chi connectivity index (χ1) is 32.3. The van der Waals surface area contributed by atoms with Gasteiger partial charge in [-0.15, -0.1) is 22.7 Å². The second-order valence-corrected chi connectivity index (χ2v) is 18.8. The van der Waals surface area contributed by atoms with Crippen LogP contribution in [0.5, 0.6) is 0 Å². The molecule has 5 heteroatoms. The number of thiophene rings is 2. The molecule has 0 radical (unpaired) electrons. The fraction of sp³-hybridized carbons (Fsp3) is 0. The zero-order chi connectivity index (χ0) is 42.6. The topological polar surface area (TPSA) is 21.3 Å². The van der Waals surface area contributed by atoms with Crippen LogP contribution in [-0.4, -0.2) is 4.57 Å². The third-order valence-corrected chi connectivity index (χ3v) is 15.6. The van der Waals surface area contributed by atoms with Gasteiger partial charge < -0.3 is 13.9 Å². The number of furan rings is 1. The number of benzene rings is 10. The Morgan fingerprint density at radius 2 is 0.892 bits per heavy atom. The van der Waals surface area contributed by atoms with Crippen LogP contribution in [0.3, 0.4) is 0 Å².